The fourth-order valence-electron chi connectivity index (χ4n) is 1.65. The summed E-state index contributed by atoms with van der Waals surface area (Å²) in [5.74, 6) is 0.451. The van der Waals surface area contributed by atoms with Crippen LogP contribution in [0.5, 0.6) is 0 Å². The van der Waals surface area contributed by atoms with Crippen LogP contribution in [0.1, 0.15) is 24.5 Å². The molecule has 0 aliphatic carbocycles. The predicted octanol–water partition coefficient (Wildman–Crippen LogP) is 2.60. The van der Waals surface area contributed by atoms with Gasteiger partial charge in [-0.15, -0.1) is 11.3 Å². The average Bonchev–Trinajstić information content (AvgIpc) is 2.77. The number of ether oxygens (including phenoxy) is 1. The molecule has 5 heteroatoms. The Balaban J connectivity index is 2.62. The van der Waals surface area contributed by atoms with Gasteiger partial charge in [0.05, 0.1) is 17.3 Å². The second kappa shape index (κ2) is 8.07. The zero-order chi connectivity index (χ0) is 14.3. The number of methoxy groups -OCH3 is 1. The molecule has 0 spiro atoms. The molecule has 0 saturated heterocycles. The summed E-state index contributed by atoms with van der Waals surface area (Å²) in [6.45, 7) is 8.06. The first-order valence-electron chi connectivity index (χ1n) is 6.41. The van der Waals surface area contributed by atoms with E-state index in [2.05, 4.69) is 18.8 Å². The summed E-state index contributed by atoms with van der Waals surface area (Å²) in [7, 11) is 1.64. The third-order valence-corrected chi connectivity index (χ3v) is 3.29. The van der Waals surface area contributed by atoms with Gasteiger partial charge in [-0.3, -0.25) is 4.79 Å². The van der Waals surface area contributed by atoms with Gasteiger partial charge in [0.2, 0.25) is 5.91 Å². The molecule has 1 amide bonds. The zero-order valence-corrected chi connectivity index (χ0v) is 12.9. The van der Waals surface area contributed by atoms with Gasteiger partial charge in [0.1, 0.15) is 0 Å². The number of aryl methyl sites for hydroxylation is 1. The molecule has 0 aliphatic heterocycles. The number of thiazole rings is 1. The highest BCUT2D eigenvalue weighted by Gasteiger charge is 2.11. The Kier molecular flexibility index (Phi) is 6.73. The van der Waals surface area contributed by atoms with E-state index in [4.69, 9.17) is 4.74 Å². The van der Waals surface area contributed by atoms with E-state index in [-0.39, 0.29) is 5.91 Å². The number of nitrogens with zero attached hydrogens (tertiary/aromatic N) is 2. The molecular weight excluding hydrogens is 260 g/mol. The van der Waals surface area contributed by atoms with E-state index in [1.54, 1.807) is 30.6 Å². The molecule has 0 aromatic carbocycles. The summed E-state index contributed by atoms with van der Waals surface area (Å²) in [6.07, 6.45) is 3.36. The Morgan fingerprint density at radius 1 is 1.58 bits per heavy atom. The van der Waals surface area contributed by atoms with Gasteiger partial charge in [0, 0.05) is 31.7 Å². The smallest absolute Gasteiger partial charge is 0.246 e. The number of rotatable bonds is 7. The molecule has 0 fully saturated rings. The maximum atomic E-state index is 12.1. The zero-order valence-electron chi connectivity index (χ0n) is 12.0. The van der Waals surface area contributed by atoms with E-state index < -0.39 is 0 Å². The second-order valence-corrected chi connectivity index (χ2v) is 5.86. The van der Waals surface area contributed by atoms with Crippen molar-refractivity contribution in [3.63, 3.8) is 0 Å². The van der Waals surface area contributed by atoms with Crippen molar-refractivity contribution in [3.05, 3.63) is 22.2 Å². The first-order valence-corrected chi connectivity index (χ1v) is 7.29. The quantitative estimate of drug-likeness (QED) is 0.722. The SMILES string of the molecule is COCCN(CC(C)C)C(=O)/C=C/c1csc(C)n1. The third kappa shape index (κ3) is 5.98. The molecule has 0 bridgehead atoms. The molecule has 1 heterocycles. The number of aromatic nitrogens is 1. The van der Waals surface area contributed by atoms with Gasteiger partial charge in [0.25, 0.3) is 0 Å². The molecule has 106 valence electrons. The minimum Gasteiger partial charge on any atom is -0.383 e. The van der Waals surface area contributed by atoms with Crippen molar-refractivity contribution in [2.45, 2.75) is 20.8 Å². The molecule has 0 aliphatic rings. The minimum absolute atomic E-state index is 0.0106. The van der Waals surface area contributed by atoms with Crippen LogP contribution in [-0.2, 0) is 9.53 Å². The van der Waals surface area contributed by atoms with Crippen molar-refractivity contribution in [1.82, 2.24) is 9.88 Å². The second-order valence-electron chi connectivity index (χ2n) is 4.80. The Morgan fingerprint density at radius 2 is 2.32 bits per heavy atom. The Labute approximate surface area is 119 Å². The van der Waals surface area contributed by atoms with Gasteiger partial charge in [-0.1, -0.05) is 13.8 Å². The van der Waals surface area contributed by atoms with Gasteiger partial charge in [-0.25, -0.2) is 4.98 Å². The summed E-state index contributed by atoms with van der Waals surface area (Å²) in [6, 6.07) is 0. The summed E-state index contributed by atoms with van der Waals surface area (Å²) in [5.41, 5.74) is 0.840. The average molecular weight is 282 g/mol. The van der Waals surface area contributed by atoms with Gasteiger partial charge in [-0.2, -0.15) is 0 Å². The summed E-state index contributed by atoms with van der Waals surface area (Å²) >= 11 is 1.58. The Morgan fingerprint density at radius 3 is 2.84 bits per heavy atom. The Bertz CT molecular complexity index is 427. The fourth-order valence-corrected chi connectivity index (χ4v) is 2.23. The van der Waals surface area contributed by atoms with Crippen LogP contribution in [0.3, 0.4) is 0 Å². The number of hydrogen-bond acceptors (Lipinski definition) is 4. The normalized spacial score (nSPS) is 11.4. The van der Waals surface area contributed by atoms with Crippen LogP contribution in [0.25, 0.3) is 6.08 Å². The molecule has 1 aromatic heterocycles. The van der Waals surface area contributed by atoms with Gasteiger partial charge in [0.15, 0.2) is 0 Å². The van der Waals surface area contributed by atoms with Crippen molar-refractivity contribution in [1.29, 1.82) is 0 Å². The lowest BCUT2D eigenvalue weighted by Crippen LogP contribution is -2.35. The highest BCUT2D eigenvalue weighted by Crippen LogP contribution is 2.09. The first kappa shape index (κ1) is 15.9. The molecule has 0 radical (unpaired) electrons. The largest absolute Gasteiger partial charge is 0.383 e. The van der Waals surface area contributed by atoms with Crippen LogP contribution in [0, 0.1) is 12.8 Å². The van der Waals surface area contributed by atoms with Crippen molar-refractivity contribution < 1.29 is 9.53 Å². The Hall–Kier alpha value is -1.20. The van der Waals surface area contributed by atoms with Crippen LogP contribution < -0.4 is 0 Å². The lowest BCUT2D eigenvalue weighted by atomic mass is 10.2. The molecule has 0 saturated carbocycles. The van der Waals surface area contributed by atoms with Crippen LogP contribution in [0.4, 0.5) is 0 Å². The van der Waals surface area contributed by atoms with E-state index in [1.165, 1.54) is 0 Å². The van der Waals surface area contributed by atoms with Crippen molar-refractivity contribution in [3.8, 4) is 0 Å². The monoisotopic (exact) mass is 282 g/mol. The maximum Gasteiger partial charge on any atom is 0.246 e. The summed E-state index contributed by atoms with van der Waals surface area (Å²) < 4.78 is 5.04. The van der Waals surface area contributed by atoms with Gasteiger partial charge in [-0.05, 0) is 18.9 Å². The summed E-state index contributed by atoms with van der Waals surface area (Å²) in [4.78, 5) is 18.2. The third-order valence-electron chi connectivity index (χ3n) is 2.50. The minimum atomic E-state index is 0.0106. The number of amides is 1. The molecule has 4 nitrogen and oxygen atoms in total. The van der Waals surface area contributed by atoms with E-state index in [0.29, 0.717) is 19.1 Å². The first-order chi connectivity index (χ1) is 9.02. The van der Waals surface area contributed by atoms with Crippen LogP contribution >= 0.6 is 11.3 Å². The molecular formula is C14H22N2O2S. The highest BCUT2D eigenvalue weighted by molar-refractivity contribution is 7.09. The standard InChI is InChI=1S/C14H22N2O2S/c1-11(2)9-16(7-8-18-4)14(17)6-5-13-10-19-12(3)15-13/h5-6,10-11H,7-9H2,1-4H3/b6-5+. The van der Waals surface area contributed by atoms with Gasteiger partial charge < -0.3 is 9.64 Å². The number of hydrogen-bond donors (Lipinski definition) is 0. The van der Waals surface area contributed by atoms with E-state index in [1.807, 2.05) is 17.2 Å². The molecule has 0 N–H and O–H groups in total. The van der Waals surface area contributed by atoms with E-state index >= 15 is 0 Å². The van der Waals surface area contributed by atoms with Crippen molar-refractivity contribution in [2.75, 3.05) is 26.8 Å². The topological polar surface area (TPSA) is 42.4 Å². The molecule has 0 atom stereocenters. The highest BCUT2D eigenvalue weighted by atomic mass is 32.1. The molecule has 1 aromatic rings. The lowest BCUT2D eigenvalue weighted by molar-refractivity contribution is -0.127. The number of carbonyl (C=O) groups is 1. The predicted molar refractivity (Wildman–Crippen MR) is 79.2 cm³/mol. The van der Waals surface area contributed by atoms with Crippen molar-refractivity contribution in [2.24, 2.45) is 5.92 Å². The van der Waals surface area contributed by atoms with Crippen LogP contribution in [-0.4, -0.2) is 42.6 Å². The molecule has 0 unspecified atom stereocenters. The molecule has 1 rings (SSSR count). The fraction of sp³-hybridized carbons (Fsp3) is 0.571. The van der Waals surface area contributed by atoms with Crippen LogP contribution in [0.15, 0.2) is 11.5 Å². The summed E-state index contributed by atoms with van der Waals surface area (Å²) in [5, 5.41) is 2.95. The van der Waals surface area contributed by atoms with E-state index in [0.717, 1.165) is 17.2 Å². The number of carbonyl (C=O) groups excluding carboxylic acids is 1. The van der Waals surface area contributed by atoms with Crippen molar-refractivity contribution >= 4 is 23.3 Å². The van der Waals surface area contributed by atoms with Crippen LogP contribution in [0.2, 0.25) is 0 Å². The molecule has 19 heavy (non-hydrogen) atoms. The maximum absolute atomic E-state index is 12.1. The van der Waals surface area contributed by atoms with Gasteiger partial charge >= 0.3 is 0 Å². The van der Waals surface area contributed by atoms with E-state index in [9.17, 15) is 4.79 Å². The lowest BCUT2D eigenvalue weighted by Gasteiger charge is -2.22.